The predicted molar refractivity (Wildman–Crippen MR) is 246 cm³/mol. The van der Waals surface area contributed by atoms with Gasteiger partial charge in [0.1, 0.15) is 35.3 Å². The normalized spacial score (nSPS) is 25.9. The minimum atomic E-state index is -4.03. The van der Waals surface area contributed by atoms with Crippen LogP contribution in [-0.4, -0.2) is 95.3 Å². The molecule has 2 aliphatic heterocycles. The Morgan fingerprint density at radius 1 is 0.939 bits per heavy atom. The van der Waals surface area contributed by atoms with E-state index in [1.807, 2.05) is 48.6 Å². The molecule has 5 atom stereocenters. The van der Waals surface area contributed by atoms with Gasteiger partial charge < -0.3 is 34.2 Å². The summed E-state index contributed by atoms with van der Waals surface area (Å²) in [6.45, 7) is 7.91. The van der Waals surface area contributed by atoms with Crippen molar-refractivity contribution in [2.24, 2.45) is 5.92 Å². The fourth-order valence-corrected chi connectivity index (χ4v) is 10.9. The van der Waals surface area contributed by atoms with E-state index in [1.54, 1.807) is 20.1 Å². The molecule has 9 rings (SSSR count). The van der Waals surface area contributed by atoms with E-state index in [0.717, 1.165) is 49.7 Å². The molecule has 3 N–H and O–H groups in total. The molecule has 0 bridgehead atoms. The average Bonchev–Trinajstić information content (AvgIpc) is 3.94. The summed E-state index contributed by atoms with van der Waals surface area (Å²) in [5.74, 6) is -1.50. The number of hydrogen-bond acceptors (Lipinski definition) is 12. The first-order valence-electron chi connectivity index (χ1n) is 23.4. The number of carbonyl (C=O) groups is 4. The summed E-state index contributed by atoms with van der Waals surface area (Å²) >= 11 is 0. The predicted octanol–water partition coefficient (Wildman–Crippen LogP) is 7.13. The van der Waals surface area contributed by atoms with Gasteiger partial charge in [-0.1, -0.05) is 76.1 Å². The maximum absolute atomic E-state index is 14.9. The van der Waals surface area contributed by atoms with Crippen molar-refractivity contribution in [2.45, 2.75) is 151 Å². The first kappa shape index (κ1) is 45.4. The van der Waals surface area contributed by atoms with Gasteiger partial charge in [-0.05, 0) is 94.2 Å². The van der Waals surface area contributed by atoms with Gasteiger partial charge in [0.2, 0.25) is 27.4 Å². The molecule has 3 aliphatic carbocycles. The second kappa shape index (κ2) is 17.5. The lowest BCUT2D eigenvalue weighted by Crippen LogP contribution is -2.58. The van der Waals surface area contributed by atoms with Gasteiger partial charge in [0, 0.05) is 17.9 Å². The Morgan fingerprint density at radius 3 is 2.39 bits per heavy atom. The molecule has 5 aliphatic rings. The van der Waals surface area contributed by atoms with Crippen molar-refractivity contribution < 1.29 is 46.2 Å². The lowest BCUT2D eigenvalue weighted by Gasteiger charge is -2.30. The van der Waals surface area contributed by atoms with Crippen LogP contribution in [0.4, 0.5) is 4.79 Å². The number of fused-ring (bicyclic) bond motifs is 5. The van der Waals surface area contributed by atoms with Gasteiger partial charge in [-0.2, -0.15) is 4.98 Å². The van der Waals surface area contributed by atoms with Crippen molar-refractivity contribution in [1.82, 2.24) is 30.2 Å². The van der Waals surface area contributed by atoms with Crippen LogP contribution in [-0.2, 0) is 34.6 Å². The number of furan rings is 1. The number of benzene rings is 2. The third kappa shape index (κ3) is 8.94. The second-order valence-electron chi connectivity index (χ2n) is 20.0. The van der Waals surface area contributed by atoms with Gasteiger partial charge in [-0.3, -0.25) is 19.1 Å². The molecule has 1 saturated heterocycles. The quantitative estimate of drug-likeness (QED) is 0.143. The van der Waals surface area contributed by atoms with Gasteiger partial charge in [0.15, 0.2) is 17.2 Å². The molecule has 3 saturated carbocycles. The van der Waals surface area contributed by atoms with Crippen molar-refractivity contribution in [1.29, 1.82) is 0 Å². The van der Waals surface area contributed by atoms with E-state index in [4.69, 9.17) is 28.6 Å². The number of nitrogens with zero attached hydrogens (tertiary/aromatic N) is 3. The molecule has 4 amide bonds. The summed E-state index contributed by atoms with van der Waals surface area (Å²) in [6.07, 6.45) is 9.59. The van der Waals surface area contributed by atoms with Crippen LogP contribution >= 0.6 is 0 Å². The van der Waals surface area contributed by atoms with Crippen LogP contribution < -0.4 is 24.8 Å². The summed E-state index contributed by atoms with van der Waals surface area (Å²) in [5.41, 5.74) is 1.37. The Labute approximate surface area is 385 Å². The van der Waals surface area contributed by atoms with Crippen LogP contribution in [0.5, 0.6) is 11.6 Å². The topological polar surface area (TPSA) is 208 Å². The molecule has 0 spiro atoms. The Balaban J connectivity index is 1.07. The summed E-state index contributed by atoms with van der Waals surface area (Å²) in [6, 6.07) is 11.3. The van der Waals surface area contributed by atoms with Gasteiger partial charge in [0.25, 0.3) is 11.8 Å². The monoisotopic (exact) mass is 924 g/mol. The Morgan fingerprint density at radius 2 is 1.68 bits per heavy atom. The summed E-state index contributed by atoms with van der Waals surface area (Å²) in [4.78, 5) is 68.5. The van der Waals surface area contributed by atoms with E-state index in [2.05, 4.69) is 36.1 Å². The maximum Gasteiger partial charge on any atom is 0.408 e. The van der Waals surface area contributed by atoms with Crippen LogP contribution in [0.1, 0.15) is 117 Å². The number of ether oxygens (including phenoxy) is 3. The largest absolute Gasteiger partial charge is 0.493 e. The van der Waals surface area contributed by atoms with Gasteiger partial charge in [-0.15, -0.1) is 0 Å². The van der Waals surface area contributed by atoms with Crippen molar-refractivity contribution in [3.05, 3.63) is 60.2 Å². The SMILES string of the molecule is COc1cccc2c1oc1c(O[C@@H]3C[C@H]4C(=O)N[C@]5(C(=O)NS(=O)(=O)C6(C)CC6)C[C@H]5C=CCCCCC[C@H](NC(=O)OC5CCCC5)C(=O)N4C3)nc(-c3ccc(C(C)(C)C)cc3)nc12. The number of allylic oxidation sites excluding steroid dienone is 1. The molecule has 2 aromatic carbocycles. The lowest BCUT2D eigenvalue weighted by atomic mass is 9.87. The molecule has 352 valence electrons. The molecule has 0 radical (unpaired) electrons. The van der Waals surface area contributed by atoms with Crippen LogP contribution in [0.3, 0.4) is 0 Å². The van der Waals surface area contributed by atoms with Crippen molar-refractivity contribution in [3.63, 3.8) is 0 Å². The number of amides is 4. The highest BCUT2D eigenvalue weighted by Gasteiger charge is 2.63. The van der Waals surface area contributed by atoms with Gasteiger partial charge >= 0.3 is 6.09 Å². The zero-order valence-electron chi connectivity index (χ0n) is 38.3. The fourth-order valence-electron chi connectivity index (χ4n) is 9.54. The number of sulfonamides is 1. The Bertz CT molecular complexity index is 2680. The first-order chi connectivity index (χ1) is 31.5. The molecule has 2 aromatic heterocycles. The zero-order valence-corrected chi connectivity index (χ0v) is 39.1. The van der Waals surface area contributed by atoms with Crippen LogP contribution in [0.2, 0.25) is 0 Å². The third-order valence-corrected chi connectivity index (χ3v) is 16.3. The molecule has 66 heavy (non-hydrogen) atoms. The molecule has 16 nitrogen and oxygen atoms in total. The van der Waals surface area contributed by atoms with Gasteiger partial charge in [-0.25, -0.2) is 18.2 Å². The average molecular weight is 925 g/mol. The molecular formula is C49H60N6O10S. The summed E-state index contributed by atoms with van der Waals surface area (Å²) in [7, 11) is -2.49. The van der Waals surface area contributed by atoms with E-state index < -0.39 is 68.2 Å². The highest BCUT2D eigenvalue weighted by atomic mass is 32.2. The fraction of sp³-hybridized carbons (Fsp3) is 0.551. The van der Waals surface area contributed by atoms with Crippen molar-refractivity contribution >= 4 is 55.9 Å². The highest BCUT2D eigenvalue weighted by molar-refractivity contribution is 7.91. The van der Waals surface area contributed by atoms with Gasteiger partial charge in [0.05, 0.1) is 23.8 Å². The first-order valence-corrected chi connectivity index (χ1v) is 24.8. The number of aromatic nitrogens is 2. The molecule has 4 fully saturated rings. The number of para-hydroxylation sites is 1. The third-order valence-electron chi connectivity index (χ3n) is 14.1. The van der Waals surface area contributed by atoms with E-state index >= 15 is 0 Å². The van der Waals surface area contributed by atoms with Crippen LogP contribution in [0.15, 0.2) is 59.0 Å². The standard InChI is InChI=1S/C49H60N6O10S/c1-47(2,3)30-22-20-29(21-23-30)41-51-38-34-17-13-19-37(62-5)39(34)65-40(38)43(52-41)63-33-26-36-42(56)53-49(45(58)54-66(60,61)48(4)24-25-48)27-31(49)14-9-7-6-8-10-18-35(44(57)55(36)28-33)50-46(59)64-32-15-11-12-16-32/h9,13-14,17,19-23,31-33,35-36H,6-8,10-12,15-16,18,24-28H2,1-5H3,(H,50,59)(H,53,56)(H,54,58)/t31-,33-,35+,36+,49-/m1/s1. The number of rotatable bonds is 9. The summed E-state index contributed by atoms with van der Waals surface area (Å²) in [5, 5.41) is 6.44. The van der Waals surface area contributed by atoms with Crippen molar-refractivity contribution in [3.8, 4) is 23.0 Å². The molecule has 17 heteroatoms. The number of nitrogens with one attached hydrogen (secondary N) is 3. The van der Waals surface area contributed by atoms with E-state index in [9.17, 15) is 27.6 Å². The number of carbonyl (C=O) groups excluding carboxylic acids is 4. The van der Waals surface area contributed by atoms with E-state index in [-0.39, 0.29) is 42.4 Å². The maximum atomic E-state index is 14.9. The van der Waals surface area contributed by atoms with Crippen LogP contribution in [0.25, 0.3) is 33.5 Å². The summed E-state index contributed by atoms with van der Waals surface area (Å²) < 4.78 is 52.5. The van der Waals surface area contributed by atoms with E-state index in [1.165, 1.54) is 4.90 Å². The molecular weight excluding hydrogens is 865 g/mol. The van der Waals surface area contributed by atoms with Crippen LogP contribution in [0, 0.1) is 5.92 Å². The zero-order chi connectivity index (χ0) is 46.6. The van der Waals surface area contributed by atoms with E-state index in [0.29, 0.717) is 60.2 Å². The number of alkyl carbamates (subject to hydrolysis) is 1. The smallest absolute Gasteiger partial charge is 0.408 e. The molecule has 4 heterocycles. The van der Waals surface area contributed by atoms with Crippen molar-refractivity contribution in [2.75, 3.05) is 13.7 Å². The lowest BCUT2D eigenvalue weighted by molar-refractivity contribution is -0.141. The molecule has 4 aromatic rings. The highest BCUT2D eigenvalue weighted by Crippen LogP contribution is 2.48. The Hall–Kier alpha value is -5.71. The number of methoxy groups -OCH3 is 1. The minimum absolute atomic E-state index is 0.0317. The number of hydrogen-bond donors (Lipinski definition) is 3. The minimum Gasteiger partial charge on any atom is -0.493 e. The molecule has 0 unspecified atom stereocenters. The second-order valence-corrected chi connectivity index (χ2v) is 22.2. The Kier molecular flexibility index (Phi) is 12.1.